The normalized spacial score (nSPS) is 10.9. The van der Waals surface area contributed by atoms with Crippen LogP contribution in [0.15, 0.2) is 41.5 Å². The van der Waals surface area contributed by atoms with E-state index < -0.39 is 0 Å². The minimum Gasteiger partial charge on any atom is -0.357 e. The first kappa shape index (κ1) is 14.1. The van der Waals surface area contributed by atoms with Gasteiger partial charge in [-0.3, -0.25) is 0 Å². The summed E-state index contributed by atoms with van der Waals surface area (Å²) in [6.45, 7) is 6.43. The molecule has 1 N–H and O–H groups in total. The van der Waals surface area contributed by atoms with Crippen LogP contribution in [0.4, 0.5) is 5.13 Å². The molecule has 3 heterocycles. The van der Waals surface area contributed by atoms with Crippen LogP contribution in [0, 0.1) is 6.92 Å². The number of aromatic nitrogens is 4. The summed E-state index contributed by atoms with van der Waals surface area (Å²) >= 11 is 3.20. The Balaban J connectivity index is 1.67. The van der Waals surface area contributed by atoms with Gasteiger partial charge in [0, 0.05) is 24.7 Å². The van der Waals surface area contributed by atoms with E-state index in [9.17, 15) is 0 Å². The van der Waals surface area contributed by atoms with Gasteiger partial charge in [-0.05, 0) is 18.6 Å². The van der Waals surface area contributed by atoms with Crippen molar-refractivity contribution in [3.8, 4) is 0 Å². The van der Waals surface area contributed by atoms with E-state index in [4.69, 9.17) is 0 Å². The zero-order chi connectivity index (χ0) is 14.7. The van der Waals surface area contributed by atoms with Gasteiger partial charge in [0.05, 0.1) is 5.69 Å². The molecule has 108 valence electrons. The fourth-order valence-corrected chi connectivity index (χ4v) is 3.55. The zero-order valence-corrected chi connectivity index (χ0v) is 13.2. The summed E-state index contributed by atoms with van der Waals surface area (Å²) in [5, 5.41) is 12.2. The molecule has 0 aromatic carbocycles. The van der Waals surface area contributed by atoms with E-state index in [1.807, 2.05) is 12.3 Å². The highest BCUT2D eigenvalue weighted by molar-refractivity contribution is 8.00. The van der Waals surface area contributed by atoms with Gasteiger partial charge in [0.2, 0.25) is 5.13 Å². The van der Waals surface area contributed by atoms with E-state index in [-0.39, 0.29) is 0 Å². The number of aryl methyl sites for hydroxylation is 1. The maximum absolute atomic E-state index is 4.65. The van der Waals surface area contributed by atoms with Crippen LogP contribution in [0.25, 0.3) is 5.65 Å². The Bertz CT molecular complexity index is 762. The standard InChI is InChI=1S/C14H15N5S2/c1-3-6-15-13-17-18-14(21-13)20-9-11-8-19-7-4-5-10(2)12(19)16-11/h3-5,7-8H,1,6,9H2,2H3,(H,15,17). The Hall–Kier alpha value is -1.86. The summed E-state index contributed by atoms with van der Waals surface area (Å²) in [5.74, 6) is 0.789. The maximum Gasteiger partial charge on any atom is 0.206 e. The largest absolute Gasteiger partial charge is 0.357 e. The molecule has 0 saturated carbocycles. The van der Waals surface area contributed by atoms with Crippen LogP contribution >= 0.6 is 23.1 Å². The summed E-state index contributed by atoms with van der Waals surface area (Å²) in [7, 11) is 0. The Morgan fingerprint density at radius 1 is 1.48 bits per heavy atom. The number of thioether (sulfide) groups is 1. The SMILES string of the molecule is C=CCNc1nnc(SCc2cn3cccc(C)c3n2)s1. The van der Waals surface area contributed by atoms with Gasteiger partial charge in [0.1, 0.15) is 5.65 Å². The van der Waals surface area contributed by atoms with E-state index in [0.717, 1.165) is 26.6 Å². The molecular weight excluding hydrogens is 302 g/mol. The van der Waals surface area contributed by atoms with E-state index in [2.05, 4.69) is 50.7 Å². The Labute approximate surface area is 131 Å². The second-order valence-corrected chi connectivity index (χ2v) is 6.69. The van der Waals surface area contributed by atoms with Crippen LogP contribution in [0.5, 0.6) is 0 Å². The number of fused-ring (bicyclic) bond motifs is 1. The van der Waals surface area contributed by atoms with Gasteiger partial charge in [0.25, 0.3) is 0 Å². The van der Waals surface area contributed by atoms with Gasteiger partial charge in [-0.2, -0.15) is 0 Å². The first-order valence-corrected chi connectivity index (χ1v) is 8.31. The van der Waals surface area contributed by atoms with Gasteiger partial charge in [-0.25, -0.2) is 4.98 Å². The van der Waals surface area contributed by atoms with Crippen molar-refractivity contribution in [2.24, 2.45) is 0 Å². The van der Waals surface area contributed by atoms with Crippen molar-refractivity contribution in [3.05, 3.63) is 48.4 Å². The predicted molar refractivity (Wildman–Crippen MR) is 88.1 cm³/mol. The molecule has 3 aromatic rings. The van der Waals surface area contributed by atoms with Gasteiger partial charge in [-0.1, -0.05) is 35.2 Å². The van der Waals surface area contributed by atoms with Gasteiger partial charge < -0.3 is 9.72 Å². The van der Waals surface area contributed by atoms with Gasteiger partial charge in [-0.15, -0.1) is 16.8 Å². The number of nitrogens with zero attached hydrogens (tertiary/aromatic N) is 4. The Kier molecular flexibility index (Phi) is 4.21. The summed E-state index contributed by atoms with van der Waals surface area (Å²) in [6, 6.07) is 4.10. The highest BCUT2D eigenvalue weighted by Gasteiger charge is 2.07. The minimum absolute atomic E-state index is 0.699. The van der Waals surface area contributed by atoms with Crippen molar-refractivity contribution in [2.75, 3.05) is 11.9 Å². The van der Waals surface area contributed by atoms with E-state index in [0.29, 0.717) is 6.54 Å². The fraction of sp³-hybridized carbons (Fsp3) is 0.214. The zero-order valence-electron chi connectivity index (χ0n) is 11.6. The number of hydrogen-bond acceptors (Lipinski definition) is 6. The average molecular weight is 317 g/mol. The van der Waals surface area contributed by atoms with E-state index in [1.54, 1.807) is 29.2 Å². The number of anilines is 1. The van der Waals surface area contributed by atoms with Crippen molar-refractivity contribution < 1.29 is 0 Å². The van der Waals surface area contributed by atoms with Crippen LogP contribution in [0.1, 0.15) is 11.3 Å². The van der Waals surface area contributed by atoms with Crippen LogP contribution in [0.2, 0.25) is 0 Å². The summed E-state index contributed by atoms with van der Waals surface area (Å²) in [5.41, 5.74) is 3.24. The molecule has 0 spiro atoms. The smallest absolute Gasteiger partial charge is 0.206 e. The third-order valence-corrected chi connectivity index (χ3v) is 4.92. The molecule has 0 amide bonds. The average Bonchev–Trinajstić information content (AvgIpc) is 3.10. The van der Waals surface area contributed by atoms with E-state index >= 15 is 0 Å². The third-order valence-electron chi connectivity index (χ3n) is 2.88. The summed E-state index contributed by atoms with van der Waals surface area (Å²) < 4.78 is 3.00. The third kappa shape index (κ3) is 3.25. The van der Waals surface area contributed by atoms with Crippen LogP contribution < -0.4 is 5.32 Å². The maximum atomic E-state index is 4.65. The second kappa shape index (κ2) is 6.28. The molecular formula is C14H15N5S2. The molecule has 21 heavy (non-hydrogen) atoms. The predicted octanol–water partition coefficient (Wildman–Crippen LogP) is 3.38. The molecule has 5 nitrogen and oxygen atoms in total. The van der Waals surface area contributed by atoms with Gasteiger partial charge >= 0.3 is 0 Å². The van der Waals surface area contributed by atoms with Crippen molar-refractivity contribution in [1.82, 2.24) is 19.6 Å². The highest BCUT2D eigenvalue weighted by Crippen LogP contribution is 2.28. The molecule has 3 aromatic heterocycles. The van der Waals surface area contributed by atoms with Crippen LogP contribution in [-0.4, -0.2) is 26.1 Å². The summed E-state index contributed by atoms with van der Waals surface area (Å²) in [6.07, 6.45) is 5.88. The molecule has 0 radical (unpaired) electrons. The lowest BCUT2D eigenvalue weighted by atomic mass is 10.3. The Morgan fingerprint density at radius 2 is 2.38 bits per heavy atom. The molecule has 0 aliphatic heterocycles. The molecule has 0 bridgehead atoms. The van der Waals surface area contributed by atoms with Crippen molar-refractivity contribution in [2.45, 2.75) is 17.0 Å². The second-order valence-electron chi connectivity index (χ2n) is 4.49. The quantitative estimate of drug-likeness (QED) is 0.558. The number of rotatable bonds is 6. The molecule has 0 aliphatic carbocycles. The molecule has 7 heteroatoms. The lowest BCUT2D eigenvalue weighted by molar-refractivity contribution is 1.01. The minimum atomic E-state index is 0.699. The summed E-state index contributed by atoms with van der Waals surface area (Å²) in [4.78, 5) is 4.65. The number of pyridine rings is 1. The van der Waals surface area contributed by atoms with Crippen molar-refractivity contribution in [3.63, 3.8) is 0 Å². The molecule has 0 aliphatic rings. The fourth-order valence-electron chi connectivity index (χ4n) is 1.91. The molecule has 0 fully saturated rings. The monoisotopic (exact) mass is 317 g/mol. The molecule has 0 saturated heterocycles. The molecule has 0 unspecified atom stereocenters. The van der Waals surface area contributed by atoms with Crippen LogP contribution in [0.3, 0.4) is 0 Å². The molecule has 3 rings (SSSR count). The molecule has 0 atom stereocenters. The lowest BCUT2D eigenvalue weighted by Gasteiger charge is -1.94. The Morgan fingerprint density at radius 3 is 3.19 bits per heavy atom. The van der Waals surface area contributed by atoms with Crippen molar-refractivity contribution >= 4 is 33.9 Å². The van der Waals surface area contributed by atoms with Crippen LogP contribution in [-0.2, 0) is 5.75 Å². The topological polar surface area (TPSA) is 55.1 Å². The first-order valence-electron chi connectivity index (χ1n) is 6.50. The van der Waals surface area contributed by atoms with Gasteiger partial charge in [0.15, 0.2) is 4.34 Å². The number of imidazole rings is 1. The number of nitrogens with one attached hydrogen (secondary N) is 1. The van der Waals surface area contributed by atoms with Crippen molar-refractivity contribution in [1.29, 1.82) is 0 Å². The van der Waals surface area contributed by atoms with E-state index in [1.165, 1.54) is 5.56 Å². The first-order chi connectivity index (χ1) is 10.3. The number of hydrogen-bond donors (Lipinski definition) is 1. The highest BCUT2D eigenvalue weighted by atomic mass is 32.2. The lowest BCUT2D eigenvalue weighted by Crippen LogP contribution is -1.96.